The number of benzene rings is 2. The number of hydrogen-bond acceptors (Lipinski definition) is 3. The number of nitrogens with one attached hydrogen (secondary N) is 1. The van der Waals surface area contributed by atoms with Crippen LogP contribution in [0.5, 0.6) is 0 Å². The molecule has 0 saturated heterocycles. The normalized spacial score (nSPS) is 13.4. The first-order valence-electron chi connectivity index (χ1n) is 7.40. The highest BCUT2D eigenvalue weighted by atomic mass is 32.2. The molecule has 114 valence electrons. The lowest BCUT2D eigenvalue weighted by atomic mass is 9.96. The van der Waals surface area contributed by atoms with Crippen molar-refractivity contribution in [2.75, 3.05) is 18.6 Å². The van der Waals surface area contributed by atoms with Gasteiger partial charge in [0, 0.05) is 18.1 Å². The monoisotopic (exact) mass is 305 g/mol. The van der Waals surface area contributed by atoms with Gasteiger partial charge in [-0.3, -0.25) is 0 Å². The molecule has 0 bridgehead atoms. The van der Waals surface area contributed by atoms with Gasteiger partial charge in [0.1, 0.15) is 9.84 Å². The fourth-order valence-electron chi connectivity index (χ4n) is 2.72. The van der Waals surface area contributed by atoms with Crippen molar-refractivity contribution < 1.29 is 8.42 Å². The third kappa shape index (κ3) is 4.55. The largest absolute Gasteiger partial charge is 0.310 e. The SMILES string of the molecule is CCNC(CCCS(C)(=O)=O)c1cccc2ccccc12. The summed E-state index contributed by atoms with van der Waals surface area (Å²) in [5.74, 6) is 0.250. The zero-order valence-electron chi connectivity index (χ0n) is 12.7. The van der Waals surface area contributed by atoms with Crippen LogP contribution in [0.1, 0.15) is 31.4 Å². The van der Waals surface area contributed by atoms with Crippen molar-refractivity contribution in [1.82, 2.24) is 5.32 Å². The predicted octanol–water partition coefficient (Wildman–Crippen LogP) is 3.32. The van der Waals surface area contributed by atoms with E-state index in [9.17, 15) is 8.42 Å². The predicted molar refractivity (Wildman–Crippen MR) is 89.3 cm³/mol. The first kappa shape index (κ1) is 16.0. The van der Waals surface area contributed by atoms with E-state index in [4.69, 9.17) is 0 Å². The Morgan fingerprint density at radius 1 is 1.10 bits per heavy atom. The maximum Gasteiger partial charge on any atom is 0.147 e. The van der Waals surface area contributed by atoms with E-state index in [1.165, 1.54) is 22.6 Å². The minimum Gasteiger partial charge on any atom is -0.310 e. The second-order valence-corrected chi connectivity index (χ2v) is 7.71. The van der Waals surface area contributed by atoms with Crippen LogP contribution in [0.4, 0.5) is 0 Å². The quantitative estimate of drug-likeness (QED) is 0.853. The zero-order valence-corrected chi connectivity index (χ0v) is 13.5. The highest BCUT2D eigenvalue weighted by molar-refractivity contribution is 7.90. The van der Waals surface area contributed by atoms with Crippen molar-refractivity contribution in [1.29, 1.82) is 0 Å². The maximum absolute atomic E-state index is 11.3. The van der Waals surface area contributed by atoms with Gasteiger partial charge in [-0.1, -0.05) is 49.4 Å². The summed E-state index contributed by atoms with van der Waals surface area (Å²) < 4.78 is 22.6. The Kier molecular flexibility index (Phi) is 5.37. The molecule has 0 saturated carbocycles. The van der Waals surface area contributed by atoms with E-state index >= 15 is 0 Å². The summed E-state index contributed by atoms with van der Waals surface area (Å²) in [6.45, 7) is 2.95. The minimum atomic E-state index is -2.89. The summed E-state index contributed by atoms with van der Waals surface area (Å²) in [5.41, 5.74) is 1.25. The summed E-state index contributed by atoms with van der Waals surface area (Å²) in [4.78, 5) is 0. The molecule has 0 fully saturated rings. The summed E-state index contributed by atoms with van der Waals surface area (Å²) >= 11 is 0. The highest BCUT2D eigenvalue weighted by Crippen LogP contribution is 2.27. The van der Waals surface area contributed by atoms with E-state index in [0.717, 1.165) is 13.0 Å². The standard InChI is InChI=1S/C17H23NO2S/c1-3-18-17(12-7-13-21(2,19)20)16-11-6-9-14-8-4-5-10-15(14)16/h4-6,8-11,17-18H,3,7,12-13H2,1-2H3. The molecular formula is C17H23NO2S. The molecule has 1 unspecified atom stereocenters. The van der Waals surface area contributed by atoms with Crippen molar-refractivity contribution in [2.24, 2.45) is 0 Å². The van der Waals surface area contributed by atoms with Gasteiger partial charge in [-0.2, -0.15) is 0 Å². The molecule has 0 spiro atoms. The van der Waals surface area contributed by atoms with Crippen molar-refractivity contribution >= 4 is 20.6 Å². The number of fused-ring (bicyclic) bond motifs is 1. The van der Waals surface area contributed by atoms with Gasteiger partial charge in [0.2, 0.25) is 0 Å². The second-order valence-electron chi connectivity index (χ2n) is 5.45. The van der Waals surface area contributed by atoms with Gasteiger partial charge in [-0.15, -0.1) is 0 Å². The van der Waals surface area contributed by atoms with Crippen LogP contribution in [0.25, 0.3) is 10.8 Å². The Morgan fingerprint density at radius 2 is 1.81 bits per heavy atom. The van der Waals surface area contributed by atoms with Gasteiger partial charge >= 0.3 is 0 Å². The molecule has 2 aromatic carbocycles. The molecular weight excluding hydrogens is 282 g/mol. The Hall–Kier alpha value is -1.39. The van der Waals surface area contributed by atoms with Gasteiger partial charge in [-0.05, 0) is 35.7 Å². The Bertz CT molecular complexity index is 690. The third-order valence-electron chi connectivity index (χ3n) is 3.66. The lowest BCUT2D eigenvalue weighted by Crippen LogP contribution is -2.22. The van der Waals surface area contributed by atoms with Crippen molar-refractivity contribution in [3.05, 3.63) is 48.0 Å². The maximum atomic E-state index is 11.3. The van der Waals surface area contributed by atoms with Gasteiger partial charge in [-0.25, -0.2) is 8.42 Å². The zero-order chi connectivity index (χ0) is 15.3. The summed E-state index contributed by atoms with van der Waals surface area (Å²) in [6.07, 6.45) is 2.81. The van der Waals surface area contributed by atoms with Crippen molar-refractivity contribution in [3.8, 4) is 0 Å². The van der Waals surface area contributed by atoms with Crippen molar-refractivity contribution in [3.63, 3.8) is 0 Å². The molecule has 0 aliphatic carbocycles. The molecule has 0 amide bonds. The van der Waals surface area contributed by atoms with Gasteiger partial charge < -0.3 is 5.32 Å². The number of sulfone groups is 1. The van der Waals surface area contributed by atoms with Crippen LogP contribution >= 0.6 is 0 Å². The van der Waals surface area contributed by atoms with Gasteiger partial charge in [0.15, 0.2) is 0 Å². The van der Waals surface area contributed by atoms with Gasteiger partial charge in [0.05, 0.1) is 0 Å². The summed E-state index contributed by atoms with van der Waals surface area (Å²) in [5, 5.41) is 5.95. The molecule has 2 aromatic rings. The smallest absolute Gasteiger partial charge is 0.147 e. The molecule has 0 radical (unpaired) electrons. The molecule has 0 aromatic heterocycles. The van der Waals surface area contributed by atoms with E-state index in [1.807, 2.05) is 12.1 Å². The van der Waals surface area contributed by atoms with Crippen LogP contribution in [0, 0.1) is 0 Å². The van der Waals surface area contributed by atoms with Crippen LogP contribution in [-0.4, -0.2) is 27.0 Å². The lowest BCUT2D eigenvalue weighted by Gasteiger charge is -2.20. The second kappa shape index (κ2) is 7.05. The average molecular weight is 305 g/mol. The van der Waals surface area contributed by atoms with E-state index in [0.29, 0.717) is 6.42 Å². The Balaban J connectivity index is 2.23. The molecule has 1 atom stereocenters. The van der Waals surface area contributed by atoms with Crippen molar-refractivity contribution in [2.45, 2.75) is 25.8 Å². The molecule has 0 aliphatic heterocycles. The third-order valence-corrected chi connectivity index (χ3v) is 4.69. The molecule has 4 heteroatoms. The highest BCUT2D eigenvalue weighted by Gasteiger charge is 2.14. The van der Waals surface area contributed by atoms with Gasteiger partial charge in [0.25, 0.3) is 0 Å². The molecule has 2 rings (SSSR count). The molecule has 0 heterocycles. The first-order valence-corrected chi connectivity index (χ1v) is 9.46. The number of rotatable bonds is 7. The molecule has 21 heavy (non-hydrogen) atoms. The van der Waals surface area contributed by atoms with E-state index < -0.39 is 9.84 Å². The fraction of sp³-hybridized carbons (Fsp3) is 0.412. The fourth-order valence-corrected chi connectivity index (χ4v) is 3.41. The van der Waals surface area contributed by atoms with E-state index in [-0.39, 0.29) is 11.8 Å². The van der Waals surface area contributed by atoms with Crippen LogP contribution in [0.2, 0.25) is 0 Å². The van der Waals surface area contributed by atoms with Crippen LogP contribution in [0.3, 0.4) is 0 Å². The Morgan fingerprint density at radius 3 is 2.52 bits per heavy atom. The molecule has 1 N–H and O–H groups in total. The van der Waals surface area contributed by atoms with Crippen LogP contribution in [0.15, 0.2) is 42.5 Å². The minimum absolute atomic E-state index is 0.197. The first-order chi connectivity index (χ1) is 10.0. The van der Waals surface area contributed by atoms with Crippen LogP contribution < -0.4 is 5.32 Å². The summed E-state index contributed by atoms with van der Waals surface area (Å²) in [6, 6.07) is 14.8. The lowest BCUT2D eigenvalue weighted by molar-refractivity contribution is 0.510. The van der Waals surface area contributed by atoms with E-state index in [1.54, 1.807) is 0 Å². The molecule has 0 aliphatic rings. The topological polar surface area (TPSA) is 46.2 Å². The van der Waals surface area contributed by atoms with Crippen LogP contribution in [-0.2, 0) is 9.84 Å². The molecule has 3 nitrogen and oxygen atoms in total. The summed E-state index contributed by atoms with van der Waals surface area (Å²) in [7, 11) is -2.89. The van der Waals surface area contributed by atoms with E-state index in [2.05, 4.69) is 42.6 Å². The average Bonchev–Trinajstić information content (AvgIpc) is 2.44. The Labute approximate surface area is 127 Å². The number of hydrogen-bond donors (Lipinski definition) is 1.